The summed E-state index contributed by atoms with van der Waals surface area (Å²) in [5, 5.41) is 9.32. The Balaban J connectivity index is 2.20. The predicted molar refractivity (Wildman–Crippen MR) is 76.6 cm³/mol. The quantitative estimate of drug-likeness (QED) is 0.875. The molecule has 0 aliphatic heterocycles. The first-order chi connectivity index (χ1) is 10.2. The topological polar surface area (TPSA) is 73.7 Å². The molecule has 2 aromatic rings. The van der Waals surface area contributed by atoms with Crippen LogP contribution in [0.1, 0.15) is 17.1 Å². The van der Waals surface area contributed by atoms with Crippen LogP contribution in [-0.2, 0) is 13.2 Å². The van der Waals surface area contributed by atoms with Crippen molar-refractivity contribution in [2.75, 3.05) is 14.2 Å². The van der Waals surface area contributed by atoms with Gasteiger partial charge in [0, 0.05) is 18.0 Å². The molecule has 6 heteroatoms. The molecular weight excluding hydrogens is 272 g/mol. The molecule has 0 amide bonds. The number of aromatic nitrogens is 2. The van der Waals surface area contributed by atoms with Crippen molar-refractivity contribution in [2.45, 2.75) is 20.1 Å². The van der Waals surface area contributed by atoms with Crippen LogP contribution < -0.4 is 14.2 Å². The minimum atomic E-state index is -0.181. The van der Waals surface area contributed by atoms with Gasteiger partial charge in [-0.1, -0.05) is 0 Å². The van der Waals surface area contributed by atoms with Crippen molar-refractivity contribution in [3.8, 4) is 17.2 Å². The molecule has 0 saturated carbocycles. The summed E-state index contributed by atoms with van der Waals surface area (Å²) in [5.41, 5.74) is 1.93. The zero-order valence-corrected chi connectivity index (χ0v) is 12.3. The van der Waals surface area contributed by atoms with E-state index in [1.807, 2.05) is 13.0 Å². The monoisotopic (exact) mass is 290 g/mol. The molecule has 112 valence electrons. The van der Waals surface area contributed by atoms with E-state index in [0.29, 0.717) is 28.6 Å². The molecule has 21 heavy (non-hydrogen) atoms. The predicted octanol–water partition coefficient (Wildman–Crippen LogP) is 1.87. The van der Waals surface area contributed by atoms with Crippen LogP contribution >= 0.6 is 0 Å². The molecular formula is C15H18N2O4. The van der Waals surface area contributed by atoms with Crippen LogP contribution in [0.2, 0.25) is 0 Å². The standard InChI is InChI=1S/C15H18N2O4/c1-10-4-5-13(11(8-18)17-10)21-9-12-15(20-3)14(19-2)6-7-16-12/h4-7,18H,8-9H2,1-3H3. The van der Waals surface area contributed by atoms with Crippen molar-refractivity contribution in [1.29, 1.82) is 0 Å². The number of rotatable bonds is 6. The number of hydrogen-bond acceptors (Lipinski definition) is 6. The fourth-order valence-corrected chi connectivity index (χ4v) is 1.94. The fraction of sp³-hybridized carbons (Fsp3) is 0.333. The van der Waals surface area contributed by atoms with Crippen LogP contribution in [0.4, 0.5) is 0 Å². The summed E-state index contributed by atoms with van der Waals surface area (Å²) in [6, 6.07) is 5.32. The highest BCUT2D eigenvalue weighted by Gasteiger charge is 2.13. The minimum absolute atomic E-state index is 0.181. The van der Waals surface area contributed by atoms with Gasteiger partial charge in [0.25, 0.3) is 0 Å². The molecule has 0 saturated heterocycles. The van der Waals surface area contributed by atoms with Crippen LogP contribution in [0, 0.1) is 6.92 Å². The van der Waals surface area contributed by atoms with E-state index in [2.05, 4.69) is 9.97 Å². The maximum atomic E-state index is 9.32. The Hall–Kier alpha value is -2.34. The first-order valence-electron chi connectivity index (χ1n) is 6.45. The van der Waals surface area contributed by atoms with Gasteiger partial charge in [-0.2, -0.15) is 0 Å². The third kappa shape index (κ3) is 3.41. The number of methoxy groups -OCH3 is 2. The highest BCUT2D eigenvalue weighted by Crippen LogP contribution is 2.30. The first-order valence-corrected chi connectivity index (χ1v) is 6.45. The van der Waals surface area contributed by atoms with Crippen molar-refractivity contribution < 1.29 is 19.3 Å². The number of aliphatic hydroxyl groups excluding tert-OH is 1. The maximum Gasteiger partial charge on any atom is 0.185 e. The lowest BCUT2D eigenvalue weighted by Gasteiger charge is -2.13. The summed E-state index contributed by atoms with van der Waals surface area (Å²) in [6.07, 6.45) is 1.63. The number of aliphatic hydroxyl groups is 1. The zero-order chi connectivity index (χ0) is 15.2. The molecule has 0 unspecified atom stereocenters. The molecule has 0 atom stereocenters. The van der Waals surface area contributed by atoms with Crippen LogP contribution in [0.3, 0.4) is 0 Å². The Kier molecular flexibility index (Phi) is 4.94. The second-order valence-electron chi connectivity index (χ2n) is 4.34. The molecule has 6 nitrogen and oxygen atoms in total. The number of hydrogen-bond donors (Lipinski definition) is 1. The summed E-state index contributed by atoms with van der Waals surface area (Å²) in [5.74, 6) is 1.65. The minimum Gasteiger partial charge on any atom is -0.493 e. The molecule has 2 aromatic heterocycles. The van der Waals surface area contributed by atoms with Gasteiger partial charge in [0.15, 0.2) is 11.5 Å². The van der Waals surface area contributed by atoms with E-state index in [4.69, 9.17) is 14.2 Å². The van der Waals surface area contributed by atoms with Crippen LogP contribution in [-0.4, -0.2) is 29.3 Å². The van der Waals surface area contributed by atoms with Crippen molar-refractivity contribution in [3.63, 3.8) is 0 Å². The van der Waals surface area contributed by atoms with Gasteiger partial charge >= 0.3 is 0 Å². The number of nitrogens with zero attached hydrogens (tertiary/aromatic N) is 2. The summed E-state index contributed by atoms with van der Waals surface area (Å²) in [7, 11) is 3.12. The van der Waals surface area contributed by atoms with E-state index < -0.39 is 0 Å². The number of aryl methyl sites for hydroxylation is 1. The molecule has 0 aliphatic rings. The summed E-state index contributed by atoms with van der Waals surface area (Å²) in [4.78, 5) is 8.46. The Morgan fingerprint density at radius 2 is 1.86 bits per heavy atom. The van der Waals surface area contributed by atoms with E-state index in [1.54, 1.807) is 32.5 Å². The van der Waals surface area contributed by atoms with Crippen LogP contribution in [0.15, 0.2) is 24.4 Å². The van der Waals surface area contributed by atoms with Crippen LogP contribution in [0.5, 0.6) is 17.2 Å². The van der Waals surface area contributed by atoms with E-state index in [-0.39, 0.29) is 13.2 Å². The SMILES string of the molecule is COc1ccnc(COc2ccc(C)nc2CO)c1OC. The fourth-order valence-electron chi connectivity index (χ4n) is 1.94. The van der Waals surface area contributed by atoms with Gasteiger partial charge < -0.3 is 19.3 Å². The van der Waals surface area contributed by atoms with Gasteiger partial charge in [-0.15, -0.1) is 0 Å². The Bertz CT molecular complexity index is 617. The van der Waals surface area contributed by atoms with Gasteiger partial charge in [0.2, 0.25) is 0 Å². The number of ether oxygens (including phenoxy) is 3. The van der Waals surface area contributed by atoms with Crippen molar-refractivity contribution in [3.05, 3.63) is 41.5 Å². The van der Waals surface area contributed by atoms with Crippen molar-refractivity contribution in [2.24, 2.45) is 0 Å². The highest BCUT2D eigenvalue weighted by molar-refractivity contribution is 5.42. The largest absolute Gasteiger partial charge is 0.493 e. The summed E-state index contributed by atoms with van der Waals surface area (Å²) in [6.45, 7) is 1.87. The third-order valence-corrected chi connectivity index (χ3v) is 2.95. The smallest absolute Gasteiger partial charge is 0.185 e. The maximum absolute atomic E-state index is 9.32. The van der Waals surface area contributed by atoms with E-state index in [1.165, 1.54) is 0 Å². The van der Waals surface area contributed by atoms with Crippen molar-refractivity contribution >= 4 is 0 Å². The van der Waals surface area contributed by atoms with Gasteiger partial charge in [0.05, 0.1) is 20.8 Å². The highest BCUT2D eigenvalue weighted by atomic mass is 16.5. The molecule has 0 aromatic carbocycles. The van der Waals surface area contributed by atoms with Crippen LogP contribution in [0.25, 0.3) is 0 Å². The van der Waals surface area contributed by atoms with E-state index in [0.717, 1.165) is 5.69 Å². The molecule has 0 fully saturated rings. The lowest BCUT2D eigenvalue weighted by atomic mass is 10.3. The first kappa shape index (κ1) is 15.1. The summed E-state index contributed by atoms with van der Waals surface area (Å²) < 4.78 is 16.2. The molecule has 2 heterocycles. The molecule has 2 rings (SSSR count). The lowest BCUT2D eigenvalue weighted by Crippen LogP contribution is -2.05. The summed E-state index contributed by atoms with van der Waals surface area (Å²) >= 11 is 0. The molecule has 0 bridgehead atoms. The van der Waals surface area contributed by atoms with Gasteiger partial charge in [-0.3, -0.25) is 9.97 Å². The number of pyridine rings is 2. The normalized spacial score (nSPS) is 10.3. The van der Waals surface area contributed by atoms with Gasteiger partial charge in [0.1, 0.15) is 23.7 Å². The molecule has 0 radical (unpaired) electrons. The molecule has 0 aliphatic carbocycles. The third-order valence-electron chi connectivity index (χ3n) is 2.95. The van der Waals surface area contributed by atoms with Crippen molar-refractivity contribution in [1.82, 2.24) is 9.97 Å². The average Bonchev–Trinajstić information content (AvgIpc) is 2.52. The van der Waals surface area contributed by atoms with E-state index >= 15 is 0 Å². The second kappa shape index (κ2) is 6.90. The Morgan fingerprint density at radius 1 is 1.05 bits per heavy atom. The average molecular weight is 290 g/mol. The Morgan fingerprint density at radius 3 is 2.52 bits per heavy atom. The second-order valence-corrected chi connectivity index (χ2v) is 4.34. The van der Waals surface area contributed by atoms with Gasteiger partial charge in [-0.05, 0) is 19.1 Å². The van der Waals surface area contributed by atoms with E-state index in [9.17, 15) is 5.11 Å². The zero-order valence-electron chi connectivity index (χ0n) is 12.3. The molecule has 1 N–H and O–H groups in total. The Labute approximate surface area is 123 Å². The lowest BCUT2D eigenvalue weighted by molar-refractivity contribution is 0.248. The van der Waals surface area contributed by atoms with Gasteiger partial charge in [-0.25, -0.2) is 0 Å². The molecule has 0 spiro atoms.